The lowest BCUT2D eigenvalue weighted by molar-refractivity contribution is -0.900. The number of quaternary nitrogens is 2. The van der Waals surface area contributed by atoms with Crippen molar-refractivity contribution in [3.63, 3.8) is 0 Å². The van der Waals surface area contributed by atoms with Crippen LogP contribution in [0.1, 0.15) is 6.42 Å². The molecule has 2 aliphatic heterocycles. The number of nitrogens with zero attached hydrogens (tertiary/aromatic N) is 1. The van der Waals surface area contributed by atoms with E-state index in [0.717, 1.165) is 18.0 Å². The first-order valence-corrected chi connectivity index (χ1v) is 11.3. The smallest absolute Gasteiger partial charge is 0.277 e. The van der Waals surface area contributed by atoms with Gasteiger partial charge in [-0.3, -0.25) is 19.2 Å². The van der Waals surface area contributed by atoms with E-state index in [1.54, 1.807) is 4.90 Å². The molecular weight excluding hydrogens is 422 g/mol. The van der Waals surface area contributed by atoms with Gasteiger partial charge in [0.15, 0.2) is 6.54 Å². The van der Waals surface area contributed by atoms with E-state index in [1.165, 1.54) is 4.90 Å². The van der Waals surface area contributed by atoms with Crippen molar-refractivity contribution in [3.8, 4) is 0 Å². The third-order valence-corrected chi connectivity index (χ3v) is 5.22. The Bertz CT molecular complexity index is 593. The van der Waals surface area contributed by atoms with Crippen LogP contribution in [-0.2, 0) is 33.4 Å². The van der Waals surface area contributed by atoms with Crippen LogP contribution in [0.5, 0.6) is 0 Å². The Morgan fingerprint density at radius 1 is 1.06 bits per heavy atom. The lowest BCUT2D eigenvalue weighted by Gasteiger charge is -2.23. The normalized spacial score (nSPS) is 24.5. The van der Waals surface area contributed by atoms with Crippen molar-refractivity contribution in [2.45, 2.75) is 12.5 Å². The van der Waals surface area contributed by atoms with E-state index in [4.69, 9.17) is 19.0 Å². The Labute approximate surface area is 189 Å². The first-order chi connectivity index (χ1) is 15.5. The van der Waals surface area contributed by atoms with E-state index in [-0.39, 0.29) is 30.7 Å². The summed E-state index contributed by atoms with van der Waals surface area (Å²) in [6.07, 6.45) is 0.289. The fourth-order valence-corrected chi connectivity index (χ4v) is 3.36. The van der Waals surface area contributed by atoms with E-state index in [9.17, 15) is 14.4 Å². The Morgan fingerprint density at radius 2 is 1.69 bits per heavy atom. The molecule has 2 unspecified atom stereocenters. The first kappa shape index (κ1) is 26.4. The van der Waals surface area contributed by atoms with Gasteiger partial charge in [0.2, 0.25) is 5.91 Å². The molecule has 2 aliphatic rings. The number of nitrogens with one attached hydrogen (secondary N) is 4. The van der Waals surface area contributed by atoms with E-state index in [1.807, 2.05) is 14.1 Å². The van der Waals surface area contributed by atoms with Crippen LogP contribution in [0, 0.1) is 0 Å². The minimum atomic E-state index is -0.633. The molecule has 0 radical (unpaired) electrons. The van der Waals surface area contributed by atoms with Crippen LogP contribution in [0.2, 0.25) is 0 Å². The number of carbonyl (C=O) groups excluding carboxylic acids is 3. The van der Waals surface area contributed by atoms with Gasteiger partial charge in [0.25, 0.3) is 11.8 Å². The van der Waals surface area contributed by atoms with Crippen molar-refractivity contribution >= 4 is 17.7 Å². The van der Waals surface area contributed by atoms with E-state index < -0.39 is 6.04 Å². The molecule has 0 aromatic rings. The highest BCUT2D eigenvalue weighted by atomic mass is 16.7. The molecule has 0 spiro atoms. The van der Waals surface area contributed by atoms with E-state index in [2.05, 4.69) is 10.8 Å². The van der Waals surface area contributed by atoms with Crippen LogP contribution in [-0.4, -0.2) is 128 Å². The van der Waals surface area contributed by atoms with Crippen molar-refractivity contribution in [1.29, 1.82) is 0 Å². The van der Waals surface area contributed by atoms with Crippen molar-refractivity contribution in [2.75, 3.05) is 99.6 Å². The monoisotopic (exact) mass is 461 g/mol. The van der Waals surface area contributed by atoms with Gasteiger partial charge in [-0.05, 0) is 0 Å². The number of hydrogen-bond donors (Lipinski definition) is 4. The van der Waals surface area contributed by atoms with Crippen LogP contribution < -0.4 is 20.6 Å². The van der Waals surface area contributed by atoms with Gasteiger partial charge in [-0.25, -0.2) is 5.48 Å². The zero-order valence-corrected chi connectivity index (χ0v) is 19.3. The maximum Gasteiger partial charge on any atom is 0.277 e. The van der Waals surface area contributed by atoms with Gasteiger partial charge < -0.3 is 34.2 Å². The Balaban J connectivity index is 1.77. The fraction of sp³-hybridized carbons (Fsp3) is 0.850. The molecule has 12 heteroatoms. The highest BCUT2D eigenvalue weighted by Gasteiger charge is 2.27. The molecule has 184 valence electrons. The first-order valence-electron chi connectivity index (χ1n) is 11.3. The third-order valence-electron chi connectivity index (χ3n) is 5.22. The topological polar surface area (TPSA) is 124 Å². The van der Waals surface area contributed by atoms with Crippen molar-refractivity contribution in [1.82, 2.24) is 15.7 Å². The molecule has 2 heterocycles. The number of hydroxylamine groups is 1. The maximum atomic E-state index is 12.4. The molecular formula is C20H39N5O7+2. The van der Waals surface area contributed by atoms with Crippen LogP contribution in [0.3, 0.4) is 0 Å². The zero-order chi connectivity index (χ0) is 23.2. The number of amides is 3. The standard InChI is InChI=1S/C20H37N5O7/c1-23(2)15-19(27)25-7-11-29-9-5-24(6-10-30-13-14-31-12-8-25)4-3-18(26)21-17-16-32-22-20(17)28/h17H,3-16H2,1-2H3,(H,21,26)(H,22,28)/p+2. The lowest BCUT2D eigenvalue weighted by Crippen LogP contribution is -3.13. The molecule has 2 fully saturated rings. The average Bonchev–Trinajstić information content (AvgIpc) is 3.13. The highest BCUT2D eigenvalue weighted by Crippen LogP contribution is 1.95. The summed E-state index contributed by atoms with van der Waals surface area (Å²) < 4.78 is 17.0. The van der Waals surface area contributed by atoms with Gasteiger partial charge >= 0.3 is 0 Å². The third kappa shape index (κ3) is 10.7. The SMILES string of the molecule is C[NH+](C)CC(=O)N1CCOCCOCC[NH+](CCC(=O)NC2CONC2=O)CCOCC1. The van der Waals surface area contributed by atoms with Crippen LogP contribution in [0.4, 0.5) is 0 Å². The molecule has 32 heavy (non-hydrogen) atoms. The quantitative estimate of drug-likeness (QED) is 0.312. The highest BCUT2D eigenvalue weighted by molar-refractivity contribution is 5.88. The Kier molecular flexibility index (Phi) is 12.5. The molecule has 4 N–H and O–H groups in total. The van der Waals surface area contributed by atoms with Crippen molar-refractivity contribution in [3.05, 3.63) is 0 Å². The molecule has 2 atom stereocenters. The summed E-state index contributed by atoms with van der Waals surface area (Å²) in [5.41, 5.74) is 2.22. The van der Waals surface area contributed by atoms with Crippen molar-refractivity contribution in [2.24, 2.45) is 0 Å². The molecule has 12 nitrogen and oxygen atoms in total. The largest absolute Gasteiger partial charge is 0.377 e. The van der Waals surface area contributed by atoms with Crippen LogP contribution in [0.15, 0.2) is 0 Å². The molecule has 2 rings (SSSR count). The molecule has 3 amide bonds. The molecule has 0 aromatic heterocycles. The Morgan fingerprint density at radius 3 is 2.28 bits per heavy atom. The second-order valence-corrected chi connectivity index (χ2v) is 8.25. The number of carbonyl (C=O) groups is 3. The van der Waals surface area contributed by atoms with Gasteiger partial charge in [0.05, 0.1) is 66.7 Å². The minimum absolute atomic E-state index is 0.0809. The molecule has 0 aliphatic carbocycles. The number of rotatable bonds is 6. The number of likely N-dealkylation sites (N-methyl/N-ethyl adjacent to an activating group) is 1. The van der Waals surface area contributed by atoms with Gasteiger partial charge in [0, 0.05) is 13.1 Å². The van der Waals surface area contributed by atoms with E-state index in [0.29, 0.717) is 65.8 Å². The van der Waals surface area contributed by atoms with Crippen LogP contribution in [0.25, 0.3) is 0 Å². The predicted molar refractivity (Wildman–Crippen MR) is 113 cm³/mol. The van der Waals surface area contributed by atoms with Gasteiger partial charge in [0.1, 0.15) is 25.7 Å². The fourth-order valence-electron chi connectivity index (χ4n) is 3.36. The summed E-state index contributed by atoms with van der Waals surface area (Å²) in [6.45, 7) is 6.62. The van der Waals surface area contributed by atoms with E-state index >= 15 is 0 Å². The summed E-state index contributed by atoms with van der Waals surface area (Å²) in [5.74, 6) is -0.438. The minimum Gasteiger partial charge on any atom is -0.377 e. The Hall–Kier alpha value is -1.83. The second-order valence-electron chi connectivity index (χ2n) is 8.25. The average molecular weight is 462 g/mol. The van der Waals surface area contributed by atoms with Crippen LogP contribution >= 0.6 is 0 Å². The predicted octanol–water partition coefficient (Wildman–Crippen LogP) is -5.16. The van der Waals surface area contributed by atoms with Gasteiger partial charge in [-0.1, -0.05) is 0 Å². The number of hydrogen-bond acceptors (Lipinski definition) is 7. The van der Waals surface area contributed by atoms with Gasteiger partial charge in [-0.15, -0.1) is 0 Å². The lowest BCUT2D eigenvalue weighted by atomic mass is 10.2. The molecule has 2 saturated heterocycles. The summed E-state index contributed by atoms with van der Waals surface area (Å²) in [7, 11) is 3.90. The molecule has 0 aromatic carbocycles. The number of ether oxygens (including phenoxy) is 3. The molecule has 0 bridgehead atoms. The summed E-state index contributed by atoms with van der Waals surface area (Å²) >= 11 is 0. The summed E-state index contributed by atoms with van der Waals surface area (Å²) in [6, 6.07) is -0.633. The summed E-state index contributed by atoms with van der Waals surface area (Å²) in [4.78, 5) is 45.0. The van der Waals surface area contributed by atoms with Gasteiger partial charge in [-0.2, -0.15) is 0 Å². The second kappa shape index (κ2) is 15.1. The summed E-state index contributed by atoms with van der Waals surface area (Å²) in [5, 5.41) is 2.68. The van der Waals surface area contributed by atoms with Crippen molar-refractivity contribution < 1.29 is 43.2 Å². The maximum absolute atomic E-state index is 12.4. The molecule has 0 saturated carbocycles. The zero-order valence-electron chi connectivity index (χ0n) is 19.3.